The van der Waals surface area contributed by atoms with Gasteiger partial charge in [-0.05, 0) is 13.3 Å². The van der Waals surface area contributed by atoms with E-state index in [-0.39, 0.29) is 0 Å². The highest BCUT2D eigenvalue weighted by Crippen LogP contribution is 2.27. The molecule has 1 N–H and O–H groups in total. The Morgan fingerprint density at radius 2 is 1.63 bits per heavy atom. The third-order valence-electron chi connectivity index (χ3n) is 2.91. The molecule has 0 aliphatic carbocycles. The SMILES string of the molecule is CCCC(C)NCCOc1cc(OC)cc(OC)c1. The van der Waals surface area contributed by atoms with Crippen molar-refractivity contribution in [3.63, 3.8) is 0 Å². The van der Waals surface area contributed by atoms with E-state index < -0.39 is 0 Å². The van der Waals surface area contributed by atoms with E-state index >= 15 is 0 Å². The Hall–Kier alpha value is -1.42. The highest BCUT2D eigenvalue weighted by Gasteiger charge is 2.03. The minimum absolute atomic E-state index is 0.536. The summed E-state index contributed by atoms with van der Waals surface area (Å²) in [5, 5.41) is 3.42. The first kappa shape index (κ1) is 15.6. The highest BCUT2D eigenvalue weighted by atomic mass is 16.5. The van der Waals surface area contributed by atoms with Crippen LogP contribution in [0.3, 0.4) is 0 Å². The second-order valence-electron chi connectivity index (χ2n) is 4.54. The van der Waals surface area contributed by atoms with Crippen LogP contribution >= 0.6 is 0 Å². The van der Waals surface area contributed by atoms with Crippen LogP contribution in [-0.4, -0.2) is 33.4 Å². The monoisotopic (exact) mass is 267 g/mol. The molecule has 108 valence electrons. The topological polar surface area (TPSA) is 39.7 Å². The summed E-state index contributed by atoms with van der Waals surface area (Å²) in [6, 6.07) is 6.08. The third kappa shape index (κ3) is 5.83. The number of benzene rings is 1. The Balaban J connectivity index is 2.40. The Morgan fingerprint density at radius 3 is 2.16 bits per heavy atom. The van der Waals surface area contributed by atoms with Crippen molar-refractivity contribution in [1.29, 1.82) is 0 Å². The fourth-order valence-corrected chi connectivity index (χ4v) is 1.87. The van der Waals surface area contributed by atoms with Gasteiger partial charge < -0.3 is 19.5 Å². The van der Waals surface area contributed by atoms with Gasteiger partial charge in [-0.1, -0.05) is 13.3 Å². The van der Waals surface area contributed by atoms with Gasteiger partial charge in [0.15, 0.2) is 0 Å². The Bertz CT molecular complexity index is 346. The van der Waals surface area contributed by atoms with Gasteiger partial charge in [0.2, 0.25) is 0 Å². The molecule has 0 aliphatic rings. The van der Waals surface area contributed by atoms with Gasteiger partial charge >= 0.3 is 0 Å². The van der Waals surface area contributed by atoms with E-state index in [1.807, 2.05) is 18.2 Å². The molecule has 0 saturated carbocycles. The van der Waals surface area contributed by atoms with Gasteiger partial charge in [-0.15, -0.1) is 0 Å². The van der Waals surface area contributed by atoms with Gasteiger partial charge in [0, 0.05) is 30.8 Å². The number of rotatable bonds is 9. The molecule has 4 heteroatoms. The van der Waals surface area contributed by atoms with Crippen molar-refractivity contribution in [2.75, 3.05) is 27.4 Å². The third-order valence-corrected chi connectivity index (χ3v) is 2.91. The maximum Gasteiger partial charge on any atom is 0.126 e. The van der Waals surface area contributed by atoms with Crippen LogP contribution < -0.4 is 19.5 Å². The lowest BCUT2D eigenvalue weighted by Gasteiger charge is -2.14. The van der Waals surface area contributed by atoms with Gasteiger partial charge in [-0.3, -0.25) is 0 Å². The summed E-state index contributed by atoms with van der Waals surface area (Å²) < 4.78 is 16.1. The zero-order valence-corrected chi connectivity index (χ0v) is 12.4. The summed E-state index contributed by atoms with van der Waals surface area (Å²) >= 11 is 0. The first-order valence-electron chi connectivity index (χ1n) is 6.78. The van der Waals surface area contributed by atoms with E-state index in [0.717, 1.165) is 23.8 Å². The average Bonchev–Trinajstić information content (AvgIpc) is 2.43. The fraction of sp³-hybridized carbons (Fsp3) is 0.600. The molecule has 0 amide bonds. The van der Waals surface area contributed by atoms with E-state index in [0.29, 0.717) is 12.6 Å². The van der Waals surface area contributed by atoms with Crippen molar-refractivity contribution in [1.82, 2.24) is 5.32 Å². The lowest BCUT2D eigenvalue weighted by Crippen LogP contribution is -2.29. The molecule has 1 atom stereocenters. The molecule has 0 bridgehead atoms. The van der Waals surface area contributed by atoms with E-state index in [1.54, 1.807) is 14.2 Å². The lowest BCUT2D eigenvalue weighted by molar-refractivity contribution is 0.300. The van der Waals surface area contributed by atoms with E-state index in [4.69, 9.17) is 14.2 Å². The summed E-state index contributed by atoms with van der Waals surface area (Å²) in [6.45, 7) is 5.85. The second-order valence-corrected chi connectivity index (χ2v) is 4.54. The predicted molar refractivity (Wildman–Crippen MR) is 77.4 cm³/mol. The van der Waals surface area contributed by atoms with Crippen LogP contribution in [0.25, 0.3) is 0 Å². The zero-order valence-electron chi connectivity index (χ0n) is 12.4. The van der Waals surface area contributed by atoms with Crippen molar-refractivity contribution in [3.8, 4) is 17.2 Å². The molecule has 0 fully saturated rings. The summed E-state index contributed by atoms with van der Waals surface area (Å²) in [4.78, 5) is 0. The highest BCUT2D eigenvalue weighted by molar-refractivity contribution is 5.41. The summed E-state index contributed by atoms with van der Waals surface area (Å²) in [5.74, 6) is 2.24. The molecule has 0 heterocycles. The van der Waals surface area contributed by atoms with Crippen molar-refractivity contribution in [3.05, 3.63) is 18.2 Å². The largest absolute Gasteiger partial charge is 0.496 e. The Labute approximate surface area is 116 Å². The van der Waals surface area contributed by atoms with Crippen molar-refractivity contribution < 1.29 is 14.2 Å². The minimum atomic E-state index is 0.536. The summed E-state index contributed by atoms with van der Waals surface area (Å²) in [7, 11) is 3.26. The minimum Gasteiger partial charge on any atom is -0.496 e. The van der Waals surface area contributed by atoms with Crippen molar-refractivity contribution in [2.45, 2.75) is 32.7 Å². The average molecular weight is 267 g/mol. The molecule has 1 rings (SSSR count). The molecular weight excluding hydrogens is 242 g/mol. The molecule has 0 aromatic heterocycles. The van der Waals surface area contributed by atoms with Crippen LogP contribution in [-0.2, 0) is 0 Å². The summed E-state index contributed by atoms with van der Waals surface area (Å²) in [5.41, 5.74) is 0. The maximum absolute atomic E-state index is 5.70. The van der Waals surface area contributed by atoms with E-state index in [9.17, 15) is 0 Å². The molecule has 1 unspecified atom stereocenters. The van der Waals surface area contributed by atoms with Crippen LogP contribution in [0.15, 0.2) is 18.2 Å². The van der Waals surface area contributed by atoms with Crippen LogP contribution in [0.1, 0.15) is 26.7 Å². The summed E-state index contributed by atoms with van der Waals surface area (Å²) in [6.07, 6.45) is 2.38. The van der Waals surface area contributed by atoms with Crippen molar-refractivity contribution >= 4 is 0 Å². The number of hydrogen-bond acceptors (Lipinski definition) is 4. The van der Waals surface area contributed by atoms with Gasteiger partial charge in [-0.2, -0.15) is 0 Å². The van der Waals surface area contributed by atoms with Crippen LogP contribution in [0, 0.1) is 0 Å². The smallest absolute Gasteiger partial charge is 0.126 e. The molecular formula is C15H25NO3. The molecule has 0 saturated heterocycles. The first-order chi connectivity index (χ1) is 9.19. The molecule has 1 aromatic carbocycles. The van der Waals surface area contributed by atoms with Gasteiger partial charge in [0.1, 0.15) is 23.9 Å². The normalized spacial score (nSPS) is 12.0. The van der Waals surface area contributed by atoms with Gasteiger partial charge in [0.25, 0.3) is 0 Å². The molecule has 4 nitrogen and oxygen atoms in total. The molecule has 0 aliphatic heterocycles. The number of methoxy groups -OCH3 is 2. The molecule has 1 aromatic rings. The lowest BCUT2D eigenvalue weighted by atomic mass is 10.2. The quantitative estimate of drug-likeness (QED) is 0.698. The number of nitrogens with one attached hydrogen (secondary N) is 1. The molecule has 0 radical (unpaired) electrons. The standard InChI is InChI=1S/C15H25NO3/c1-5-6-12(2)16-7-8-19-15-10-13(17-3)9-14(11-15)18-4/h9-12,16H,5-8H2,1-4H3. The molecule has 0 spiro atoms. The fourth-order valence-electron chi connectivity index (χ4n) is 1.87. The second kappa shape index (κ2) is 8.64. The van der Waals surface area contributed by atoms with Crippen molar-refractivity contribution in [2.24, 2.45) is 0 Å². The van der Waals surface area contributed by atoms with Crippen LogP contribution in [0.2, 0.25) is 0 Å². The van der Waals surface area contributed by atoms with Gasteiger partial charge in [-0.25, -0.2) is 0 Å². The Kier molecular flexibility index (Phi) is 7.11. The Morgan fingerprint density at radius 1 is 1.05 bits per heavy atom. The van der Waals surface area contributed by atoms with Crippen LogP contribution in [0.4, 0.5) is 0 Å². The predicted octanol–water partition coefficient (Wildman–Crippen LogP) is 2.86. The van der Waals surface area contributed by atoms with E-state index in [2.05, 4.69) is 19.2 Å². The number of hydrogen-bond donors (Lipinski definition) is 1. The number of ether oxygens (including phenoxy) is 3. The zero-order chi connectivity index (χ0) is 14.1. The van der Waals surface area contributed by atoms with Gasteiger partial charge in [0.05, 0.1) is 14.2 Å². The van der Waals surface area contributed by atoms with E-state index in [1.165, 1.54) is 12.8 Å². The molecule has 19 heavy (non-hydrogen) atoms. The maximum atomic E-state index is 5.70. The first-order valence-corrected chi connectivity index (χ1v) is 6.78. The van der Waals surface area contributed by atoms with Crippen LogP contribution in [0.5, 0.6) is 17.2 Å².